The maximum atomic E-state index is 13.3. The first-order chi connectivity index (χ1) is 8.48. The average molecular weight is 274 g/mol. The normalized spacial score (nSPS) is 16.2. The molecule has 1 aliphatic carbocycles. The van der Waals surface area contributed by atoms with Crippen LogP contribution in [0.25, 0.3) is 0 Å². The molecule has 0 aliphatic heterocycles. The van der Waals surface area contributed by atoms with Crippen LogP contribution < -0.4 is 5.73 Å². The molecule has 1 aliphatic rings. The van der Waals surface area contributed by atoms with Gasteiger partial charge in [0.15, 0.2) is 0 Å². The molecule has 0 spiro atoms. The molecule has 5 nitrogen and oxygen atoms in total. The third-order valence-corrected chi connectivity index (χ3v) is 4.88. The van der Waals surface area contributed by atoms with Crippen LogP contribution in [0.1, 0.15) is 12.8 Å². The molecule has 3 N–H and O–H groups in total. The van der Waals surface area contributed by atoms with Crippen LogP contribution >= 0.6 is 0 Å². The summed E-state index contributed by atoms with van der Waals surface area (Å²) in [5, 5.41) is 8.94. The summed E-state index contributed by atoms with van der Waals surface area (Å²) in [6.07, 6.45) is 1.52. The fourth-order valence-electron chi connectivity index (χ4n) is 1.83. The number of nitrogens with zero attached hydrogens (tertiary/aromatic N) is 1. The van der Waals surface area contributed by atoms with Gasteiger partial charge in [-0.05, 0) is 25.0 Å². The van der Waals surface area contributed by atoms with Gasteiger partial charge in [0.25, 0.3) is 0 Å². The molecule has 1 saturated carbocycles. The topological polar surface area (TPSA) is 83.6 Å². The predicted octanol–water partition coefficient (Wildman–Crippen LogP) is 0.553. The summed E-state index contributed by atoms with van der Waals surface area (Å²) in [6.45, 7) is -0.270. The first kappa shape index (κ1) is 13.3. The highest BCUT2D eigenvalue weighted by molar-refractivity contribution is 7.89. The van der Waals surface area contributed by atoms with Crippen molar-refractivity contribution in [2.75, 3.05) is 18.9 Å². The lowest BCUT2D eigenvalue weighted by Gasteiger charge is -2.21. The molecule has 0 aromatic heterocycles. The van der Waals surface area contributed by atoms with Crippen molar-refractivity contribution in [3.05, 3.63) is 24.0 Å². The van der Waals surface area contributed by atoms with Crippen molar-refractivity contribution in [3.8, 4) is 0 Å². The molecule has 0 amide bonds. The van der Waals surface area contributed by atoms with E-state index in [4.69, 9.17) is 10.8 Å². The van der Waals surface area contributed by atoms with Gasteiger partial charge < -0.3 is 10.8 Å². The average Bonchev–Trinajstić information content (AvgIpc) is 3.13. The second-order valence-corrected chi connectivity index (χ2v) is 6.08. The zero-order valence-electron chi connectivity index (χ0n) is 9.71. The number of hydrogen-bond donors (Lipinski definition) is 2. The van der Waals surface area contributed by atoms with Gasteiger partial charge in [-0.1, -0.05) is 6.07 Å². The minimum Gasteiger partial charge on any atom is -0.395 e. The van der Waals surface area contributed by atoms with Crippen molar-refractivity contribution in [1.29, 1.82) is 0 Å². The van der Waals surface area contributed by atoms with E-state index >= 15 is 0 Å². The minimum atomic E-state index is -3.84. The Morgan fingerprint density at radius 3 is 2.67 bits per heavy atom. The van der Waals surface area contributed by atoms with E-state index in [9.17, 15) is 12.8 Å². The molecule has 1 aromatic carbocycles. The third-order valence-electron chi connectivity index (χ3n) is 2.87. The third kappa shape index (κ3) is 2.33. The SMILES string of the molecule is Nc1c(F)cccc1S(=O)(=O)N(CCO)C1CC1. The van der Waals surface area contributed by atoms with Gasteiger partial charge in [0.2, 0.25) is 10.0 Å². The van der Waals surface area contributed by atoms with Crippen molar-refractivity contribution < 1.29 is 17.9 Å². The van der Waals surface area contributed by atoms with Crippen LogP contribution in [0.2, 0.25) is 0 Å². The number of hydrogen-bond acceptors (Lipinski definition) is 4. The first-order valence-corrected chi connectivity index (χ1v) is 7.09. The zero-order chi connectivity index (χ0) is 13.3. The fourth-order valence-corrected chi connectivity index (χ4v) is 3.63. The van der Waals surface area contributed by atoms with Crippen LogP contribution in [-0.4, -0.2) is 37.0 Å². The van der Waals surface area contributed by atoms with E-state index in [0.717, 1.165) is 18.9 Å². The molecule has 18 heavy (non-hydrogen) atoms. The van der Waals surface area contributed by atoms with E-state index < -0.39 is 15.8 Å². The van der Waals surface area contributed by atoms with Gasteiger partial charge >= 0.3 is 0 Å². The summed E-state index contributed by atoms with van der Waals surface area (Å²) < 4.78 is 39.2. The molecular formula is C11H15FN2O3S. The molecule has 0 unspecified atom stereocenters. The van der Waals surface area contributed by atoms with Crippen molar-refractivity contribution in [2.45, 2.75) is 23.8 Å². The maximum Gasteiger partial charge on any atom is 0.245 e. The maximum absolute atomic E-state index is 13.3. The molecule has 0 saturated heterocycles. The van der Waals surface area contributed by atoms with E-state index in [0.29, 0.717) is 0 Å². The summed E-state index contributed by atoms with van der Waals surface area (Å²) >= 11 is 0. The predicted molar refractivity (Wildman–Crippen MR) is 64.8 cm³/mol. The lowest BCUT2D eigenvalue weighted by molar-refractivity contribution is 0.250. The molecule has 0 bridgehead atoms. The molecule has 1 aromatic rings. The number of nitrogens with two attached hydrogens (primary N) is 1. The minimum absolute atomic E-state index is 0.00293. The highest BCUT2D eigenvalue weighted by Gasteiger charge is 2.38. The van der Waals surface area contributed by atoms with Gasteiger partial charge in [-0.3, -0.25) is 0 Å². The molecule has 1 fully saturated rings. The Labute approximate surface area is 105 Å². The van der Waals surface area contributed by atoms with E-state index in [2.05, 4.69) is 0 Å². The monoisotopic (exact) mass is 274 g/mol. The number of nitrogen functional groups attached to an aromatic ring is 1. The Kier molecular flexibility index (Phi) is 3.56. The van der Waals surface area contributed by atoms with Gasteiger partial charge in [-0.15, -0.1) is 0 Å². The number of rotatable bonds is 5. The number of benzene rings is 1. The number of halogens is 1. The van der Waals surface area contributed by atoms with Crippen LogP contribution in [0.3, 0.4) is 0 Å². The highest BCUT2D eigenvalue weighted by Crippen LogP contribution is 2.33. The summed E-state index contributed by atoms with van der Waals surface area (Å²) in [5.41, 5.74) is 5.11. The molecule has 0 heterocycles. The number of sulfonamides is 1. The molecule has 0 radical (unpaired) electrons. The highest BCUT2D eigenvalue weighted by atomic mass is 32.2. The molecular weight excluding hydrogens is 259 g/mol. The summed E-state index contributed by atoms with van der Waals surface area (Å²) in [4.78, 5) is -0.233. The summed E-state index contributed by atoms with van der Waals surface area (Å²) in [6, 6.07) is 3.59. The molecule has 100 valence electrons. The number of para-hydroxylation sites is 1. The Balaban J connectivity index is 2.43. The quantitative estimate of drug-likeness (QED) is 0.768. The van der Waals surface area contributed by atoms with Gasteiger partial charge in [0.1, 0.15) is 10.7 Å². The van der Waals surface area contributed by atoms with E-state index in [1.165, 1.54) is 16.4 Å². The largest absolute Gasteiger partial charge is 0.395 e. The van der Waals surface area contributed by atoms with Crippen molar-refractivity contribution >= 4 is 15.7 Å². The van der Waals surface area contributed by atoms with E-state index in [1.807, 2.05) is 0 Å². The first-order valence-electron chi connectivity index (χ1n) is 5.65. The van der Waals surface area contributed by atoms with Crippen LogP contribution in [0.4, 0.5) is 10.1 Å². The van der Waals surface area contributed by atoms with Gasteiger partial charge in [0.05, 0.1) is 12.3 Å². The van der Waals surface area contributed by atoms with Crippen LogP contribution in [0, 0.1) is 5.82 Å². The number of aliphatic hydroxyl groups excluding tert-OH is 1. The Hall–Kier alpha value is -1.18. The van der Waals surface area contributed by atoms with Gasteiger partial charge in [-0.25, -0.2) is 12.8 Å². The lowest BCUT2D eigenvalue weighted by Crippen LogP contribution is -2.36. The molecule has 0 atom stereocenters. The Morgan fingerprint density at radius 1 is 1.44 bits per heavy atom. The molecule has 2 rings (SSSR count). The standard InChI is InChI=1S/C11H15FN2O3S/c12-9-2-1-3-10(11(9)13)18(16,17)14(6-7-15)8-4-5-8/h1-3,8,15H,4-7,13H2. The van der Waals surface area contributed by atoms with Gasteiger partial charge in [0, 0.05) is 12.6 Å². The van der Waals surface area contributed by atoms with E-state index in [1.54, 1.807) is 0 Å². The number of anilines is 1. The van der Waals surface area contributed by atoms with Gasteiger partial charge in [-0.2, -0.15) is 4.31 Å². The second kappa shape index (κ2) is 4.83. The van der Waals surface area contributed by atoms with E-state index in [-0.39, 0.29) is 29.8 Å². The second-order valence-electron chi connectivity index (χ2n) is 4.22. The number of aliphatic hydroxyl groups is 1. The Morgan fingerprint density at radius 2 is 2.11 bits per heavy atom. The zero-order valence-corrected chi connectivity index (χ0v) is 10.5. The lowest BCUT2D eigenvalue weighted by atomic mass is 10.3. The van der Waals surface area contributed by atoms with Crippen LogP contribution in [0.5, 0.6) is 0 Å². The van der Waals surface area contributed by atoms with Crippen LogP contribution in [-0.2, 0) is 10.0 Å². The smallest absolute Gasteiger partial charge is 0.245 e. The summed E-state index contributed by atoms with van der Waals surface area (Å²) in [5.74, 6) is -0.754. The molecule has 7 heteroatoms. The van der Waals surface area contributed by atoms with Crippen molar-refractivity contribution in [2.24, 2.45) is 0 Å². The van der Waals surface area contributed by atoms with Crippen LogP contribution in [0.15, 0.2) is 23.1 Å². The Bertz CT molecular complexity index is 543. The fraction of sp³-hybridized carbons (Fsp3) is 0.455. The van der Waals surface area contributed by atoms with Crippen molar-refractivity contribution in [1.82, 2.24) is 4.31 Å². The summed E-state index contributed by atoms with van der Waals surface area (Å²) in [7, 11) is -3.84. The van der Waals surface area contributed by atoms with Crippen molar-refractivity contribution in [3.63, 3.8) is 0 Å².